The summed E-state index contributed by atoms with van der Waals surface area (Å²) in [6.07, 6.45) is 0.916. The molecule has 0 amide bonds. The van der Waals surface area contributed by atoms with Crippen molar-refractivity contribution >= 4 is 10.0 Å². The fourth-order valence-corrected chi connectivity index (χ4v) is 2.69. The predicted molar refractivity (Wildman–Crippen MR) is 78.3 cm³/mol. The molecule has 4 nitrogen and oxygen atoms in total. The molecule has 0 saturated carbocycles. The molecular formula is C14H24N2O2S. The van der Waals surface area contributed by atoms with Gasteiger partial charge in [-0.05, 0) is 36.5 Å². The molecule has 1 unspecified atom stereocenters. The fraction of sp³-hybridized carbons (Fsp3) is 0.571. The Hall–Kier alpha value is -0.910. The lowest BCUT2D eigenvalue weighted by atomic mass is 9.91. The molecule has 0 radical (unpaired) electrons. The lowest BCUT2D eigenvalue weighted by molar-refractivity contribution is 0.350. The molecule has 1 aromatic carbocycles. The van der Waals surface area contributed by atoms with Crippen molar-refractivity contribution in [3.8, 4) is 0 Å². The molecule has 1 rings (SSSR count). The van der Waals surface area contributed by atoms with Crippen LogP contribution >= 0.6 is 0 Å². The molecule has 108 valence electrons. The molecule has 0 saturated heterocycles. The van der Waals surface area contributed by atoms with Crippen LogP contribution in [0, 0.1) is 5.41 Å². The van der Waals surface area contributed by atoms with Crippen molar-refractivity contribution in [2.24, 2.45) is 11.1 Å². The van der Waals surface area contributed by atoms with E-state index in [4.69, 9.17) is 5.73 Å². The van der Waals surface area contributed by atoms with Crippen molar-refractivity contribution < 1.29 is 8.42 Å². The van der Waals surface area contributed by atoms with E-state index in [2.05, 4.69) is 4.72 Å². The van der Waals surface area contributed by atoms with Crippen LogP contribution in [0.15, 0.2) is 29.2 Å². The van der Waals surface area contributed by atoms with E-state index in [1.807, 2.05) is 27.7 Å². The Morgan fingerprint density at radius 1 is 1.26 bits per heavy atom. The zero-order valence-corrected chi connectivity index (χ0v) is 12.9. The van der Waals surface area contributed by atoms with E-state index in [-0.39, 0.29) is 16.4 Å². The predicted octanol–water partition coefficient (Wildman–Crippen LogP) is 2.42. The van der Waals surface area contributed by atoms with Crippen LogP contribution in [0.4, 0.5) is 0 Å². The van der Waals surface area contributed by atoms with Gasteiger partial charge in [0.1, 0.15) is 0 Å². The smallest absolute Gasteiger partial charge is 0.240 e. The van der Waals surface area contributed by atoms with Gasteiger partial charge in [-0.15, -0.1) is 0 Å². The van der Waals surface area contributed by atoms with Crippen molar-refractivity contribution in [2.75, 3.05) is 6.54 Å². The topological polar surface area (TPSA) is 72.2 Å². The highest BCUT2D eigenvalue weighted by atomic mass is 32.2. The van der Waals surface area contributed by atoms with Crippen LogP contribution in [0.5, 0.6) is 0 Å². The third kappa shape index (κ3) is 4.60. The molecule has 19 heavy (non-hydrogen) atoms. The molecule has 0 aliphatic carbocycles. The monoisotopic (exact) mass is 284 g/mol. The minimum absolute atomic E-state index is 0.0429. The first kappa shape index (κ1) is 16.1. The highest BCUT2D eigenvalue weighted by Gasteiger charge is 2.20. The lowest BCUT2D eigenvalue weighted by Gasteiger charge is -2.22. The Kier molecular flexibility index (Phi) is 5.12. The van der Waals surface area contributed by atoms with E-state index in [0.717, 1.165) is 12.0 Å². The Bertz CT molecular complexity index is 505. The third-order valence-corrected chi connectivity index (χ3v) is 4.83. The summed E-state index contributed by atoms with van der Waals surface area (Å²) >= 11 is 0. The maximum Gasteiger partial charge on any atom is 0.240 e. The maximum atomic E-state index is 12.1. The summed E-state index contributed by atoms with van der Waals surface area (Å²) in [5.41, 5.74) is 6.62. The van der Waals surface area contributed by atoms with Crippen molar-refractivity contribution in [3.63, 3.8) is 0 Å². The summed E-state index contributed by atoms with van der Waals surface area (Å²) in [5, 5.41) is 0. The van der Waals surface area contributed by atoms with E-state index in [0.29, 0.717) is 6.54 Å². The summed E-state index contributed by atoms with van der Waals surface area (Å²) in [6, 6.07) is 6.61. The van der Waals surface area contributed by atoms with Crippen molar-refractivity contribution in [3.05, 3.63) is 29.8 Å². The third-order valence-electron chi connectivity index (χ3n) is 3.41. The molecule has 0 bridgehead atoms. The lowest BCUT2D eigenvalue weighted by Crippen LogP contribution is -2.33. The SMILES string of the molecule is CCC(C)(C)CNS(=O)(=O)c1ccc(C(C)N)cc1. The van der Waals surface area contributed by atoms with E-state index >= 15 is 0 Å². The first-order valence-corrected chi connectivity index (χ1v) is 8.01. The maximum absolute atomic E-state index is 12.1. The molecule has 0 fully saturated rings. The molecule has 1 aromatic rings. The second kappa shape index (κ2) is 6.03. The molecule has 3 N–H and O–H groups in total. The van der Waals surface area contributed by atoms with Crippen molar-refractivity contribution in [2.45, 2.75) is 45.1 Å². The second-order valence-corrected chi connectivity index (χ2v) is 7.47. The summed E-state index contributed by atoms with van der Waals surface area (Å²) in [6.45, 7) is 8.42. The Labute approximate surface area is 116 Å². The zero-order valence-electron chi connectivity index (χ0n) is 12.1. The number of nitrogens with two attached hydrogens (primary N) is 1. The van der Waals surface area contributed by atoms with Crippen LogP contribution < -0.4 is 10.5 Å². The van der Waals surface area contributed by atoms with E-state index in [1.54, 1.807) is 24.3 Å². The van der Waals surface area contributed by atoms with Crippen LogP contribution in [0.1, 0.15) is 45.7 Å². The first-order chi connectivity index (χ1) is 8.68. The number of nitrogens with one attached hydrogen (secondary N) is 1. The van der Waals surface area contributed by atoms with Gasteiger partial charge in [-0.2, -0.15) is 0 Å². The molecule has 0 aromatic heterocycles. The molecule has 0 heterocycles. The minimum atomic E-state index is -3.44. The fourth-order valence-electron chi connectivity index (χ4n) is 1.45. The number of rotatable bonds is 6. The first-order valence-electron chi connectivity index (χ1n) is 6.53. The largest absolute Gasteiger partial charge is 0.324 e. The van der Waals surface area contributed by atoms with Gasteiger partial charge in [0, 0.05) is 12.6 Å². The highest BCUT2D eigenvalue weighted by molar-refractivity contribution is 7.89. The number of hydrogen-bond donors (Lipinski definition) is 2. The molecule has 5 heteroatoms. The van der Waals surface area contributed by atoms with Crippen LogP contribution in [0.2, 0.25) is 0 Å². The molecule has 0 aliphatic rings. The summed E-state index contributed by atoms with van der Waals surface area (Å²) in [5.74, 6) is 0. The van der Waals surface area contributed by atoms with Gasteiger partial charge in [-0.1, -0.05) is 32.9 Å². The van der Waals surface area contributed by atoms with Gasteiger partial charge in [-0.3, -0.25) is 0 Å². The van der Waals surface area contributed by atoms with Gasteiger partial charge in [0.2, 0.25) is 10.0 Å². The standard InChI is InChI=1S/C14H24N2O2S/c1-5-14(3,4)10-16-19(17,18)13-8-6-12(7-9-13)11(2)15/h6-9,11,16H,5,10,15H2,1-4H3. The Balaban J connectivity index is 2.83. The van der Waals surface area contributed by atoms with E-state index in [9.17, 15) is 8.42 Å². The number of hydrogen-bond acceptors (Lipinski definition) is 3. The van der Waals surface area contributed by atoms with E-state index < -0.39 is 10.0 Å². The van der Waals surface area contributed by atoms with Gasteiger partial charge < -0.3 is 5.73 Å². The van der Waals surface area contributed by atoms with Gasteiger partial charge in [0.15, 0.2) is 0 Å². The van der Waals surface area contributed by atoms with Crippen molar-refractivity contribution in [1.82, 2.24) is 4.72 Å². The van der Waals surface area contributed by atoms with Crippen molar-refractivity contribution in [1.29, 1.82) is 0 Å². The summed E-state index contributed by atoms with van der Waals surface area (Å²) < 4.78 is 26.9. The number of sulfonamides is 1. The van der Waals surface area contributed by atoms with Crippen LogP contribution in [-0.4, -0.2) is 15.0 Å². The van der Waals surface area contributed by atoms with Crippen LogP contribution in [-0.2, 0) is 10.0 Å². The van der Waals surface area contributed by atoms with Gasteiger partial charge >= 0.3 is 0 Å². The quantitative estimate of drug-likeness (QED) is 0.842. The van der Waals surface area contributed by atoms with Crippen LogP contribution in [0.3, 0.4) is 0 Å². The van der Waals surface area contributed by atoms with Gasteiger partial charge in [0.05, 0.1) is 4.90 Å². The summed E-state index contributed by atoms with van der Waals surface area (Å²) in [7, 11) is -3.44. The highest BCUT2D eigenvalue weighted by Crippen LogP contribution is 2.20. The zero-order chi connectivity index (χ0) is 14.7. The molecule has 1 atom stereocenters. The second-order valence-electron chi connectivity index (χ2n) is 5.70. The minimum Gasteiger partial charge on any atom is -0.324 e. The van der Waals surface area contributed by atoms with Crippen LogP contribution in [0.25, 0.3) is 0 Å². The normalized spacial score (nSPS) is 14.4. The Morgan fingerprint density at radius 3 is 2.21 bits per heavy atom. The average molecular weight is 284 g/mol. The van der Waals surface area contributed by atoms with Gasteiger partial charge in [0.25, 0.3) is 0 Å². The molecule has 0 spiro atoms. The average Bonchev–Trinajstić information content (AvgIpc) is 2.37. The van der Waals surface area contributed by atoms with Gasteiger partial charge in [-0.25, -0.2) is 13.1 Å². The summed E-state index contributed by atoms with van der Waals surface area (Å²) in [4.78, 5) is 0.281. The Morgan fingerprint density at radius 2 is 1.79 bits per heavy atom. The number of benzene rings is 1. The molecule has 0 aliphatic heterocycles. The van der Waals surface area contributed by atoms with E-state index in [1.165, 1.54) is 0 Å². The molecular weight excluding hydrogens is 260 g/mol.